The maximum Gasteiger partial charge on any atom is 0.305 e. The normalized spacial score (nSPS) is 16.6. The lowest BCUT2D eigenvalue weighted by molar-refractivity contribution is -0.137. The Morgan fingerprint density at radius 3 is 2.35 bits per heavy atom. The Labute approximate surface area is 238 Å². The molecular weight excluding hydrogens is 527 g/mol. The van der Waals surface area contributed by atoms with Crippen molar-refractivity contribution >= 4 is 29.0 Å². The molecule has 0 aliphatic carbocycles. The van der Waals surface area contributed by atoms with Gasteiger partial charge in [0.25, 0.3) is 0 Å². The molecule has 1 N–H and O–H groups in total. The lowest BCUT2D eigenvalue weighted by atomic mass is 9.91. The van der Waals surface area contributed by atoms with Crippen LogP contribution in [0.2, 0.25) is 5.02 Å². The van der Waals surface area contributed by atoms with Crippen LogP contribution in [0.3, 0.4) is 0 Å². The van der Waals surface area contributed by atoms with Gasteiger partial charge in [-0.15, -0.1) is 0 Å². The Kier molecular flexibility index (Phi) is 7.90. The van der Waals surface area contributed by atoms with Crippen LogP contribution in [0.15, 0.2) is 90.0 Å². The number of halogens is 2. The number of hydrazone groups is 1. The SMILES string of the molecule is COc1ccc(F)c(-c2ccc(Cc3ccc(N4N=C(c5ccc(Cl)cc5)C(C)C4CC(=O)O)cc3)c(C)c2)c1. The molecule has 0 saturated carbocycles. The topological polar surface area (TPSA) is 62.1 Å². The summed E-state index contributed by atoms with van der Waals surface area (Å²) in [4.78, 5) is 11.7. The first-order chi connectivity index (χ1) is 19.2. The number of benzene rings is 4. The Bertz CT molecular complexity index is 1570. The average molecular weight is 557 g/mol. The van der Waals surface area contributed by atoms with E-state index in [-0.39, 0.29) is 24.2 Å². The lowest BCUT2D eigenvalue weighted by Crippen LogP contribution is -2.34. The number of hydrogen-bond donors (Lipinski definition) is 1. The van der Waals surface area contributed by atoms with Crippen LogP contribution in [-0.2, 0) is 11.2 Å². The van der Waals surface area contributed by atoms with Crippen LogP contribution in [0, 0.1) is 18.7 Å². The summed E-state index contributed by atoms with van der Waals surface area (Å²) < 4.78 is 19.8. The van der Waals surface area contributed by atoms with Crippen LogP contribution in [0.25, 0.3) is 11.1 Å². The van der Waals surface area contributed by atoms with Gasteiger partial charge in [0, 0.05) is 16.5 Å². The maximum atomic E-state index is 14.5. The van der Waals surface area contributed by atoms with E-state index in [1.54, 1.807) is 19.2 Å². The van der Waals surface area contributed by atoms with Gasteiger partial charge < -0.3 is 9.84 Å². The number of nitrogens with zero attached hydrogens (tertiary/aromatic N) is 2. The number of aryl methyl sites for hydroxylation is 1. The Morgan fingerprint density at radius 2 is 1.70 bits per heavy atom. The van der Waals surface area contributed by atoms with Gasteiger partial charge in [0.1, 0.15) is 11.6 Å². The van der Waals surface area contributed by atoms with Gasteiger partial charge in [-0.05, 0) is 83.6 Å². The standard InChI is InChI=1S/C33H30ClFN2O3/c1-20-16-25(29-18-28(40-3)14-15-30(29)35)7-6-24(20)17-22-4-12-27(13-5-22)37-31(19-32(38)39)21(2)33(36-37)23-8-10-26(34)11-9-23/h4-16,18,21,31H,17,19H2,1-3H3,(H,38,39). The molecule has 4 aromatic carbocycles. The molecule has 0 spiro atoms. The van der Waals surface area contributed by atoms with Gasteiger partial charge in [0.15, 0.2) is 0 Å². The minimum atomic E-state index is -0.862. The fourth-order valence-electron chi connectivity index (χ4n) is 5.21. The second kappa shape index (κ2) is 11.5. The molecule has 1 aliphatic heterocycles. The van der Waals surface area contributed by atoms with Crippen molar-refractivity contribution in [2.75, 3.05) is 12.1 Å². The van der Waals surface area contributed by atoms with Gasteiger partial charge in [-0.3, -0.25) is 9.80 Å². The highest BCUT2D eigenvalue weighted by Crippen LogP contribution is 2.34. The second-order valence-corrected chi connectivity index (χ2v) is 10.6. The van der Waals surface area contributed by atoms with E-state index in [4.69, 9.17) is 21.4 Å². The van der Waals surface area contributed by atoms with E-state index in [2.05, 4.69) is 0 Å². The molecule has 2 atom stereocenters. The minimum Gasteiger partial charge on any atom is -0.497 e. The van der Waals surface area contributed by atoms with E-state index >= 15 is 0 Å². The minimum absolute atomic E-state index is 0.0249. The monoisotopic (exact) mass is 556 g/mol. The van der Waals surface area contributed by atoms with Gasteiger partial charge >= 0.3 is 5.97 Å². The van der Waals surface area contributed by atoms with Gasteiger partial charge in [-0.2, -0.15) is 5.10 Å². The van der Waals surface area contributed by atoms with Crippen molar-refractivity contribution in [2.45, 2.75) is 32.7 Å². The van der Waals surface area contributed by atoms with Crippen LogP contribution < -0.4 is 9.75 Å². The Hall–Kier alpha value is -4.16. The van der Waals surface area contributed by atoms with Gasteiger partial charge in [-0.25, -0.2) is 4.39 Å². The smallest absolute Gasteiger partial charge is 0.305 e. The molecule has 5 rings (SSSR count). The van der Waals surface area contributed by atoms with Crippen molar-refractivity contribution in [3.8, 4) is 16.9 Å². The summed E-state index contributed by atoms with van der Waals surface area (Å²) in [6, 6.07) is 25.9. The first kappa shape index (κ1) is 27.4. The zero-order valence-electron chi connectivity index (χ0n) is 22.6. The fraction of sp³-hybridized carbons (Fsp3) is 0.212. The number of methoxy groups -OCH3 is 1. The van der Waals surface area contributed by atoms with Gasteiger partial charge in [0.05, 0.1) is 31.0 Å². The third kappa shape index (κ3) is 5.73. The molecule has 7 heteroatoms. The highest BCUT2D eigenvalue weighted by Gasteiger charge is 2.37. The zero-order chi connectivity index (χ0) is 28.4. The molecule has 0 aromatic heterocycles. The number of carbonyl (C=O) groups is 1. The number of carboxylic acids is 1. The summed E-state index contributed by atoms with van der Waals surface area (Å²) in [5.41, 5.74) is 7.23. The first-order valence-corrected chi connectivity index (χ1v) is 13.5. The number of hydrogen-bond acceptors (Lipinski definition) is 4. The van der Waals surface area contributed by atoms with Gasteiger partial charge in [0.2, 0.25) is 0 Å². The molecule has 0 radical (unpaired) electrons. The number of carboxylic acid groups (broad SMARTS) is 1. The highest BCUT2D eigenvalue weighted by atomic mass is 35.5. The molecule has 4 aromatic rings. The van der Waals surface area contributed by atoms with Crippen LogP contribution >= 0.6 is 11.6 Å². The summed E-state index contributed by atoms with van der Waals surface area (Å²) >= 11 is 6.06. The average Bonchev–Trinajstić information content (AvgIpc) is 3.26. The fourth-order valence-corrected chi connectivity index (χ4v) is 5.33. The summed E-state index contributed by atoms with van der Waals surface area (Å²) in [7, 11) is 1.57. The van der Waals surface area contributed by atoms with E-state index in [1.807, 2.05) is 85.6 Å². The van der Waals surface area contributed by atoms with E-state index in [0.29, 0.717) is 22.8 Å². The van der Waals surface area contributed by atoms with Crippen LogP contribution in [0.5, 0.6) is 5.75 Å². The zero-order valence-corrected chi connectivity index (χ0v) is 23.3. The molecule has 0 amide bonds. The molecule has 0 bridgehead atoms. The molecular formula is C33H30ClFN2O3. The molecule has 2 unspecified atom stereocenters. The van der Waals surface area contributed by atoms with E-state index in [1.165, 1.54) is 6.07 Å². The predicted octanol–water partition coefficient (Wildman–Crippen LogP) is 7.76. The molecule has 204 valence electrons. The summed E-state index contributed by atoms with van der Waals surface area (Å²) in [5.74, 6) is -0.616. The predicted molar refractivity (Wildman–Crippen MR) is 158 cm³/mol. The van der Waals surface area contributed by atoms with Crippen molar-refractivity contribution < 1.29 is 19.0 Å². The second-order valence-electron chi connectivity index (χ2n) is 10.1. The van der Waals surface area contributed by atoms with Crippen molar-refractivity contribution in [1.29, 1.82) is 0 Å². The van der Waals surface area contributed by atoms with E-state index in [9.17, 15) is 14.3 Å². The molecule has 1 heterocycles. The van der Waals surface area contributed by atoms with Crippen molar-refractivity contribution in [3.63, 3.8) is 0 Å². The number of aliphatic carboxylic acids is 1. The summed E-state index contributed by atoms with van der Waals surface area (Å²) in [6.07, 6.45) is 0.685. The van der Waals surface area contributed by atoms with Crippen molar-refractivity contribution in [3.05, 3.63) is 118 Å². The molecule has 5 nitrogen and oxygen atoms in total. The summed E-state index contributed by atoms with van der Waals surface area (Å²) in [5, 5.41) is 16.9. The van der Waals surface area contributed by atoms with Crippen molar-refractivity contribution in [1.82, 2.24) is 0 Å². The Morgan fingerprint density at radius 1 is 1.00 bits per heavy atom. The lowest BCUT2D eigenvalue weighted by Gasteiger charge is -2.25. The van der Waals surface area contributed by atoms with E-state index in [0.717, 1.165) is 39.2 Å². The molecule has 0 fully saturated rings. The number of ether oxygens (including phenoxy) is 1. The number of anilines is 1. The van der Waals surface area contributed by atoms with Crippen LogP contribution in [0.4, 0.5) is 10.1 Å². The molecule has 0 saturated heterocycles. The highest BCUT2D eigenvalue weighted by molar-refractivity contribution is 6.30. The quantitative estimate of drug-likeness (QED) is 0.241. The van der Waals surface area contributed by atoms with Crippen molar-refractivity contribution in [2.24, 2.45) is 11.0 Å². The van der Waals surface area contributed by atoms with E-state index < -0.39 is 5.97 Å². The molecule has 1 aliphatic rings. The Balaban J connectivity index is 1.37. The summed E-state index contributed by atoms with van der Waals surface area (Å²) in [6.45, 7) is 4.04. The van der Waals surface area contributed by atoms with Crippen LogP contribution in [0.1, 0.15) is 35.6 Å². The first-order valence-electron chi connectivity index (χ1n) is 13.1. The largest absolute Gasteiger partial charge is 0.497 e. The molecule has 40 heavy (non-hydrogen) atoms. The number of rotatable bonds is 8. The maximum absolute atomic E-state index is 14.5. The van der Waals surface area contributed by atoms with Crippen LogP contribution in [-0.4, -0.2) is 29.9 Å². The van der Waals surface area contributed by atoms with Gasteiger partial charge in [-0.1, -0.05) is 61.0 Å². The third-order valence-electron chi connectivity index (χ3n) is 7.48. The third-order valence-corrected chi connectivity index (χ3v) is 7.74.